The van der Waals surface area contributed by atoms with Crippen molar-refractivity contribution in [3.63, 3.8) is 0 Å². The highest BCUT2D eigenvalue weighted by atomic mass is 16.6. The minimum Gasteiger partial charge on any atom is -0.333 e. The first-order valence-corrected chi connectivity index (χ1v) is 8.65. The molecule has 0 N–H and O–H groups in total. The van der Waals surface area contributed by atoms with E-state index >= 15 is 0 Å². The quantitative estimate of drug-likeness (QED) is 0.612. The van der Waals surface area contributed by atoms with Gasteiger partial charge in [-0.15, -0.1) is 0 Å². The van der Waals surface area contributed by atoms with Crippen LogP contribution in [0.15, 0.2) is 18.2 Å². The fourth-order valence-electron chi connectivity index (χ4n) is 4.24. The summed E-state index contributed by atoms with van der Waals surface area (Å²) in [6.07, 6.45) is 6.23. The summed E-state index contributed by atoms with van der Waals surface area (Å²) in [6.45, 7) is 1.98. The average molecular weight is 347 g/mol. The van der Waals surface area contributed by atoms with Crippen LogP contribution in [0.3, 0.4) is 0 Å². The number of benzene rings is 1. The van der Waals surface area contributed by atoms with E-state index in [9.17, 15) is 25.0 Å². The summed E-state index contributed by atoms with van der Waals surface area (Å²) in [4.78, 5) is 35.7. The molecular formula is C17H21N3O5. The first-order valence-electron chi connectivity index (χ1n) is 8.65. The number of amides is 1. The molecule has 1 saturated carbocycles. The predicted octanol–water partition coefficient (Wildman–Crippen LogP) is 3.69. The van der Waals surface area contributed by atoms with Crippen molar-refractivity contribution in [3.05, 3.63) is 44.0 Å². The van der Waals surface area contributed by atoms with Crippen molar-refractivity contribution in [1.82, 2.24) is 4.90 Å². The Balaban J connectivity index is 1.98. The maximum atomic E-state index is 13.1. The summed E-state index contributed by atoms with van der Waals surface area (Å²) in [6, 6.07) is 3.34. The predicted molar refractivity (Wildman–Crippen MR) is 90.4 cm³/mol. The SMILES string of the molecule is C[C@@H]1CC[C@@H]2CCCC[C@H]2N1C(=O)c1cc([N+](=O)[O-])cc([N+](=O)[O-])c1. The number of non-ortho nitro benzene ring substituents is 2. The molecule has 1 aliphatic heterocycles. The van der Waals surface area contributed by atoms with Gasteiger partial charge < -0.3 is 4.90 Å². The summed E-state index contributed by atoms with van der Waals surface area (Å²) in [5, 5.41) is 22.2. The summed E-state index contributed by atoms with van der Waals surface area (Å²) in [5.74, 6) is 0.124. The molecular weight excluding hydrogens is 326 g/mol. The lowest BCUT2D eigenvalue weighted by molar-refractivity contribution is -0.394. The van der Waals surface area contributed by atoms with E-state index in [4.69, 9.17) is 0 Å². The monoisotopic (exact) mass is 347 g/mol. The minimum absolute atomic E-state index is 0.0268. The van der Waals surface area contributed by atoms with E-state index in [1.807, 2.05) is 11.8 Å². The molecule has 1 amide bonds. The van der Waals surface area contributed by atoms with Gasteiger partial charge in [-0.25, -0.2) is 0 Å². The van der Waals surface area contributed by atoms with Crippen LogP contribution < -0.4 is 0 Å². The fourth-order valence-corrected chi connectivity index (χ4v) is 4.24. The Kier molecular flexibility index (Phi) is 4.69. The maximum Gasteiger partial charge on any atom is 0.277 e. The summed E-state index contributed by atoms with van der Waals surface area (Å²) in [5.41, 5.74) is -0.830. The van der Waals surface area contributed by atoms with Gasteiger partial charge in [-0.05, 0) is 38.5 Å². The van der Waals surface area contributed by atoms with Gasteiger partial charge in [0.2, 0.25) is 0 Å². The minimum atomic E-state index is -0.702. The second-order valence-electron chi connectivity index (χ2n) is 7.00. The van der Waals surface area contributed by atoms with Crippen LogP contribution in [0.25, 0.3) is 0 Å². The molecule has 3 atom stereocenters. The molecule has 1 aliphatic carbocycles. The number of hydrogen-bond donors (Lipinski definition) is 0. The van der Waals surface area contributed by atoms with Gasteiger partial charge in [-0.3, -0.25) is 25.0 Å². The van der Waals surface area contributed by atoms with Gasteiger partial charge in [0.15, 0.2) is 0 Å². The van der Waals surface area contributed by atoms with Crippen LogP contribution in [0.4, 0.5) is 11.4 Å². The Morgan fingerprint density at radius 1 is 1.00 bits per heavy atom. The molecule has 2 aliphatic rings. The molecule has 25 heavy (non-hydrogen) atoms. The van der Waals surface area contributed by atoms with Gasteiger partial charge >= 0.3 is 0 Å². The number of nitro groups is 2. The number of fused-ring (bicyclic) bond motifs is 1. The number of piperidine rings is 1. The molecule has 8 heteroatoms. The summed E-state index contributed by atoms with van der Waals surface area (Å²) < 4.78 is 0. The number of rotatable bonds is 3. The van der Waals surface area contributed by atoms with E-state index in [0.29, 0.717) is 5.92 Å². The van der Waals surface area contributed by atoms with Crippen LogP contribution in [-0.4, -0.2) is 32.7 Å². The molecule has 0 unspecified atom stereocenters. The van der Waals surface area contributed by atoms with Gasteiger partial charge in [0.25, 0.3) is 17.3 Å². The van der Waals surface area contributed by atoms with E-state index in [2.05, 4.69) is 0 Å². The smallest absolute Gasteiger partial charge is 0.277 e. The van der Waals surface area contributed by atoms with Crippen molar-refractivity contribution in [3.8, 4) is 0 Å². The van der Waals surface area contributed by atoms with Gasteiger partial charge in [-0.1, -0.05) is 12.8 Å². The number of likely N-dealkylation sites (tertiary alicyclic amines) is 1. The number of hydrogen-bond acceptors (Lipinski definition) is 5. The molecule has 0 aromatic heterocycles. The van der Waals surface area contributed by atoms with E-state index in [1.165, 1.54) is 6.42 Å². The molecule has 1 heterocycles. The second-order valence-corrected chi connectivity index (χ2v) is 7.00. The van der Waals surface area contributed by atoms with Crippen LogP contribution in [0, 0.1) is 26.1 Å². The maximum absolute atomic E-state index is 13.1. The van der Waals surface area contributed by atoms with Crippen molar-refractivity contribution in [1.29, 1.82) is 0 Å². The average Bonchev–Trinajstić information content (AvgIpc) is 2.60. The first kappa shape index (κ1) is 17.3. The molecule has 1 aromatic rings. The number of nitrogens with zero attached hydrogens (tertiary/aromatic N) is 3. The highest BCUT2D eigenvalue weighted by Gasteiger charge is 2.40. The highest BCUT2D eigenvalue weighted by molar-refractivity contribution is 5.96. The van der Waals surface area contributed by atoms with Crippen molar-refractivity contribution >= 4 is 17.3 Å². The van der Waals surface area contributed by atoms with E-state index in [0.717, 1.165) is 50.3 Å². The number of carbonyl (C=O) groups excluding carboxylic acids is 1. The van der Waals surface area contributed by atoms with Crippen LogP contribution >= 0.6 is 0 Å². The normalized spacial score (nSPS) is 26.0. The lowest BCUT2D eigenvalue weighted by Gasteiger charge is -2.47. The van der Waals surface area contributed by atoms with Crippen molar-refractivity contribution in [2.45, 2.75) is 57.5 Å². The van der Waals surface area contributed by atoms with Gasteiger partial charge in [0.05, 0.1) is 21.5 Å². The van der Waals surface area contributed by atoms with Crippen molar-refractivity contribution < 1.29 is 14.6 Å². The Bertz CT molecular complexity index is 688. The van der Waals surface area contributed by atoms with Crippen molar-refractivity contribution in [2.24, 2.45) is 5.92 Å². The molecule has 3 rings (SSSR count). The standard InChI is InChI=1S/C17H21N3O5/c1-11-6-7-12-4-2-3-5-16(12)18(11)17(21)13-8-14(19(22)23)10-15(9-13)20(24)25/h8-12,16H,2-7H2,1H3/t11-,12+,16-/m1/s1. The summed E-state index contributed by atoms with van der Waals surface area (Å²) >= 11 is 0. The van der Waals surface area contributed by atoms with E-state index in [-0.39, 0.29) is 23.6 Å². The largest absolute Gasteiger partial charge is 0.333 e. The molecule has 0 spiro atoms. The van der Waals surface area contributed by atoms with Crippen LogP contribution in [0.5, 0.6) is 0 Å². The molecule has 0 bridgehead atoms. The second kappa shape index (κ2) is 6.78. The Hall–Kier alpha value is -2.51. The van der Waals surface area contributed by atoms with Crippen molar-refractivity contribution in [2.75, 3.05) is 0 Å². The first-order chi connectivity index (χ1) is 11.9. The van der Waals surface area contributed by atoms with Crippen LogP contribution in [-0.2, 0) is 0 Å². The van der Waals surface area contributed by atoms with Gasteiger partial charge in [0.1, 0.15) is 0 Å². The Morgan fingerprint density at radius 3 is 2.20 bits per heavy atom. The molecule has 1 aromatic carbocycles. The van der Waals surface area contributed by atoms with Crippen LogP contribution in [0.2, 0.25) is 0 Å². The highest BCUT2D eigenvalue weighted by Crippen LogP contribution is 2.39. The Labute approximate surface area is 145 Å². The lowest BCUT2D eigenvalue weighted by atomic mass is 9.76. The zero-order chi connectivity index (χ0) is 18.1. The van der Waals surface area contributed by atoms with Gasteiger partial charge in [-0.2, -0.15) is 0 Å². The third kappa shape index (κ3) is 3.33. The summed E-state index contributed by atoms with van der Waals surface area (Å²) in [7, 11) is 0. The molecule has 2 fully saturated rings. The van der Waals surface area contributed by atoms with E-state index in [1.54, 1.807) is 0 Å². The molecule has 0 radical (unpaired) electrons. The van der Waals surface area contributed by atoms with Gasteiger partial charge in [0, 0.05) is 24.2 Å². The third-order valence-corrected chi connectivity index (χ3v) is 5.46. The molecule has 8 nitrogen and oxygen atoms in total. The molecule has 1 saturated heterocycles. The number of carbonyl (C=O) groups is 1. The zero-order valence-electron chi connectivity index (χ0n) is 14.1. The molecule has 134 valence electrons. The topological polar surface area (TPSA) is 107 Å². The lowest BCUT2D eigenvalue weighted by Crippen LogP contribution is -2.53. The number of nitro benzene ring substituents is 2. The third-order valence-electron chi connectivity index (χ3n) is 5.46. The van der Waals surface area contributed by atoms with Crippen LogP contribution in [0.1, 0.15) is 55.8 Å². The van der Waals surface area contributed by atoms with E-state index < -0.39 is 21.2 Å². The fraction of sp³-hybridized carbons (Fsp3) is 0.588. The zero-order valence-corrected chi connectivity index (χ0v) is 14.1. The Morgan fingerprint density at radius 2 is 1.60 bits per heavy atom.